The minimum atomic E-state index is -0.522. The molecule has 2 atom stereocenters. The van der Waals surface area contributed by atoms with Crippen molar-refractivity contribution >= 4 is 5.91 Å². The molecule has 0 aromatic heterocycles. The molecular weight excluding hydrogens is 252 g/mol. The summed E-state index contributed by atoms with van der Waals surface area (Å²) in [6.07, 6.45) is 1.52. The minimum absolute atomic E-state index is 0.0874. The van der Waals surface area contributed by atoms with Gasteiger partial charge in [0.25, 0.3) is 5.91 Å². The van der Waals surface area contributed by atoms with Crippen LogP contribution in [0.25, 0.3) is 0 Å². The molecule has 4 heteroatoms. The molecule has 112 valence electrons. The second-order valence-corrected chi connectivity index (χ2v) is 5.23. The van der Waals surface area contributed by atoms with Gasteiger partial charge in [0.15, 0.2) is 6.10 Å². The fourth-order valence-corrected chi connectivity index (χ4v) is 1.90. The van der Waals surface area contributed by atoms with E-state index in [4.69, 9.17) is 10.5 Å². The molecule has 20 heavy (non-hydrogen) atoms. The summed E-state index contributed by atoms with van der Waals surface area (Å²) in [5.41, 5.74) is 7.94. The van der Waals surface area contributed by atoms with E-state index in [-0.39, 0.29) is 11.9 Å². The number of carbonyl (C=O) groups excluding carboxylic acids is 1. The third-order valence-electron chi connectivity index (χ3n) is 3.16. The van der Waals surface area contributed by atoms with Crippen molar-refractivity contribution in [1.29, 1.82) is 0 Å². The summed E-state index contributed by atoms with van der Waals surface area (Å²) in [7, 11) is 0. The molecule has 1 aromatic carbocycles. The van der Waals surface area contributed by atoms with Gasteiger partial charge in [0, 0.05) is 18.2 Å². The number of rotatable bonds is 7. The van der Waals surface area contributed by atoms with Crippen molar-refractivity contribution in [2.24, 2.45) is 5.73 Å². The minimum Gasteiger partial charge on any atom is -0.481 e. The van der Waals surface area contributed by atoms with Crippen LogP contribution in [0.1, 0.15) is 50.8 Å². The number of hydrogen-bond acceptors (Lipinski definition) is 3. The van der Waals surface area contributed by atoms with Gasteiger partial charge in [-0.3, -0.25) is 4.79 Å². The topological polar surface area (TPSA) is 64.3 Å². The Kier molecular flexibility index (Phi) is 6.52. The zero-order valence-corrected chi connectivity index (χ0v) is 12.9. The van der Waals surface area contributed by atoms with Crippen LogP contribution in [0.15, 0.2) is 18.2 Å². The summed E-state index contributed by atoms with van der Waals surface area (Å²) in [6, 6.07) is 5.75. The Morgan fingerprint density at radius 3 is 2.70 bits per heavy atom. The van der Waals surface area contributed by atoms with Crippen LogP contribution in [0.5, 0.6) is 5.75 Å². The standard InChI is InChI=1S/C16H26N2O2/c1-5-6-9-18-16(19)13(4)20-15-10-11(2)7-8-14(15)12(3)17/h7-8,10,12-13H,5-6,9,17H2,1-4H3,(H,18,19). The zero-order chi connectivity index (χ0) is 15.1. The second kappa shape index (κ2) is 7.90. The summed E-state index contributed by atoms with van der Waals surface area (Å²) in [5.74, 6) is 0.605. The lowest BCUT2D eigenvalue weighted by Gasteiger charge is -2.19. The third-order valence-corrected chi connectivity index (χ3v) is 3.16. The smallest absolute Gasteiger partial charge is 0.260 e. The molecular formula is C16H26N2O2. The predicted octanol–water partition coefficient (Wildman–Crippen LogP) is 2.70. The van der Waals surface area contributed by atoms with Gasteiger partial charge in [-0.2, -0.15) is 0 Å². The Morgan fingerprint density at radius 2 is 2.10 bits per heavy atom. The molecule has 3 N–H and O–H groups in total. The summed E-state index contributed by atoms with van der Waals surface area (Å²) in [4.78, 5) is 11.9. The van der Waals surface area contributed by atoms with Crippen molar-refractivity contribution in [2.45, 2.75) is 52.7 Å². The number of carbonyl (C=O) groups is 1. The first kappa shape index (κ1) is 16.5. The average molecular weight is 278 g/mol. The van der Waals surface area contributed by atoms with E-state index in [1.807, 2.05) is 32.0 Å². The third kappa shape index (κ3) is 4.85. The van der Waals surface area contributed by atoms with E-state index >= 15 is 0 Å². The van der Waals surface area contributed by atoms with E-state index in [0.717, 1.165) is 24.0 Å². The molecule has 0 aliphatic carbocycles. The van der Waals surface area contributed by atoms with Crippen LogP contribution in [-0.2, 0) is 4.79 Å². The van der Waals surface area contributed by atoms with Crippen molar-refractivity contribution in [3.05, 3.63) is 29.3 Å². The van der Waals surface area contributed by atoms with Crippen molar-refractivity contribution in [1.82, 2.24) is 5.32 Å². The van der Waals surface area contributed by atoms with Crippen LogP contribution in [-0.4, -0.2) is 18.6 Å². The molecule has 1 amide bonds. The molecule has 0 heterocycles. The summed E-state index contributed by atoms with van der Waals surface area (Å²) < 4.78 is 5.79. The normalized spacial score (nSPS) is 13.7. The van der Waals surface area contributed by atoms with Gasteiger partial charge in [-0.1, -0.05) is 25.5 Å². The molecule has 1 rings (SSSR count). The van der Waals surface area contributed by atoms with Crippen molar-refractivity contribution in [3.8, 4) is 5.75 Å². The number of benzene rings is 1. The molecule has 2 unspecified atom stereocenters. The molecule has 0 bridgehead atoms. The van der Waals surface area contributed by atoms with Crippen LogP contribution >= 0.6 is 0 Å². The Bertz CT molecular complexity index is 444. The predicted molar refractivity (Wildman–Crippen MR) is 81.8 cm³/mol. The van der Waals surface area contributed by atoms with Gasteiger partial charge in [-0.25, -0.2) is 0 Å². The number of unbranched alkanes of at least 4 members (excludes halogenated alkanes) is 1. The van der Waals surface area contributed by atoms with Gasteiger partial charge in [-0.15, -0.1) is 0 Å². The maximum Gasteiger partial charge on any atom is 0.260 e. The highest BCUT2D eigenvalue weighted by molar-refractivity contribution is 5.80. The Labute approximate surface area is 121 Å². The molecule has 0 saturated heterocycles. The molecule has 1 aromatic rings. The Balaban J connectivity index is 2.71. The largest absolute Gasteiger partial charge is 0.481 e. The fraction of sp³-hybridized carbons (Fsp3) is 0.562. The molecule has 0 radical (unpaired) electrons. The highest BCUT2D eigenvalue weighted by Crippen LogP contribution is 2.26. The maximum absolute atomic E-state index is 11.9. The number of ether oxygens (including phenoxy) is 1. The van der Waals surface area contributed by atoms with Gasteiger partial charge in [-0.05, 0) is 38.8 Å². The number of hydrogen-bond donors (Lipinski definition) is 2. The average Bonchev–Trinajstić information content (AvgIpc) is 2.38. The first-order valence-electron chi connectivity index (χ1n) is 7.26. The Morgan fingerprint density at radius 1 is 1.40 bits per heavy atom. The van der Waals surface area contributed by atoms with Gasteiger partial charge >= 0.3 is 0 Å². The molecule has 0 fully saturated rings. The van der Waals surface area contributed by atoms with Crippen molar-refractivity contribution < 1.29 is 9.53 Å². The van der Waals surface area contributed by atoms with Crippen LogP contribution < -0.4 is 15.8 Å². The van der Waals surface area contributed by atoms with Gasteiger partial charge in [0.1, 0.15) is 5.75 Å². The van der Waals surface area contributed by atoms with Crippen molar-refractivity contribution in [2.75, 3.05) is 6.54 Å². The molecule has 0 spiro atoms. The van der Waals surface area contributed by atoms with E-state index in [0.29, 0.717) is 12.3 Å². The Hall–Kier alpha value is -1.55. The van der Waals surface area contributed by atoms with E-state index in [1.165, 1.54) is 0 Å². The number of nitrogens with one attached hydrogen (secondary N) is 1. The first-order valence-corrected chi connectivity index (χ1v) is 7.26. The number of aryl methyl sites for hydroxylation is 1. The number of amides is 1. The van der Waals surface area contributed by atoms with Crippen LogP contribution in [0.2, 0.25) is 0 Å². The van der Waals surface area contributed by atoms with E-state index in [1.54, 1.807) is 6.92 Å². The quantitative estimate of drug-likeness (QED) is 0.754. The van der Waals surface area contributed by atoms with Gasteiger partial charge in [0.2, 0.25) is 0 Å². The maximum atomic E-state index is 11.9. The monoisotopic (exact) mass is 278 g/mol. The second-order valence-electron chi connectivity index (χ2n) is 5.23. The summed E-state index contributed by atoms with van der Waals surface area (Å²) >= 11 is 0. The summed E-state index contributed by atoms with van der Waals surface area (Å²) in [5, 5.41) is 2.87. The van der Waals surface area contributed by atoms with Gasteiger partial charge in [0.05, 0.1) is 0 Å². The summed E-state index contributed by atoms with van der Waals surface area (Å²) in [6.45, 7) is 8.44. The SMILES string of the molecule is CCCCNC(=O)C(C)Oc1cc(C)ccc1C(C)N. The van der Waals surface area contributed by atoms with Crippen LogP contribution in [0, 0.1) is 6.92 Å². The molecule has 0 saturated carbocycles. The number of nitrogens with two attached hydrogens (primary N) is 1. The molecule has 4 nitrogen and oxygen atoms in total. The van der Waals surface area contributed by atoms with Crippen molar-refractivity contribution in [3.63, 3.8) is 0 Å². The fourth-order valence-electron chi connectivity index (χ4n) is 1.90. The zero-order valence-electron chi connectivity index (χ0n) is 12.9. The lowest BCUT2D eigenvalue weighted by molar-refractivity contribution is -0.127. The van der Waals surface area contributed by atoms with E-state index in [2.05, 4.69) is 12.2 Å². The lowest BCUT2D eigenvalue weighted by atomic mass is 10.1. The lowest BCUT2D eigenvalue weighted by Crippen LogP contribution is -2.37. The van der Waals surface area contributed by atoms with Crippen LogP contribution in [0.3, 0.4) is 0 Å². The van der Waals surface area contributed by atoms with E-state index in [9.17, 15) is 4.79 Å². The van der Waals surface area contributed by atoms with Gasteiger partial charge < -0.3 is 15.8 Å². The highest BCUT2D eigenvalue weighted by Gasteiger charge is 2.17. The van der Waals surface area contributed by atoms with E-state index < -0.39 is 6.10 Å². The molecule has 0 aliphatic rings. The highest BCUT2D eigenvalue weighted by atomic mass is 16.5. The first-order chi connectivity index (χ1) is 9.45. The molecule has 0 aliphatic heterocycles. The van der Waals surface area contributed by atoms with Crippen LogP contribution in [0.4, 0.5) is 0 Å².